The number of carbonyl (C=O) groups is 2. The number of anilines is 1. The number of hydrogen-bond donors (Lipinski definition) is 1. The number of urea groups is 1. The number of rotatable bonds is 5. The minimum absolute atomic E-state index is 0.0355. The van der Waals surface area contributed by atoms with Crippen LogP contribution in [-0.2, 0) is 4.79 Å². The summed E-state index contributed by atoms with van der Waals surface area (Å²) in [5.74, 6) is 0.716. The first-order valence-corrected chi connectivity index (χ1v) is 8.11. The van der Waals surface area contributed by atoms with Crippen LogP contribution in [0.4, 0.5) is 10.5 Å². The molecule has 1 aliphatic rings. The molecule has 0 bridgehead atoms. The van der Waals surface area contributed by atoms with Gasteiger partial charge < -0.3 is 19.9 Å². The standard InChI is InChI=1S/C17H25N3O3/c1-4-19(5-2)16(21)15-10-7-11-20(15)17(22)18-13-8-6-9-14(12-13)23-3/h6,8-9,12,15H,4-5,7,10-11H2,1-3H3,(H,18,22)/t15-/m0/s1. The molecule has 2 rings (SSSR count). The van der Waals surface area contributed by atoms with Crippen molar-refractivity contribution in [1.29, 1.82) is 0 Å². The van der Waals surface area contributed by atoms with Crippen LogP contribution in [0.15, 0.2) is 24.3 Å². The van der Waals surface area contributed by atoms with Crippen LogP contribution < -0.4 is 10.1 Å². The van der Waals surface area contributed by atoms with Gasteiger partial charge in [-0.15, -0.1) is 0 Å². The SMILES string of the molecule is CCN(CC)C(=O)[C@@H]1CCCN1C(=O)Nc1cccc(OC)c1. The van der Waals surface area contributed by atoms with Crippen molar-refractivity contribution in [2.24, 2.45) is 0 Å². The van der Waals surface area contributed by atoms with E-state index in [4.69, 9.17) is 4.74 Å². The number of nitrogens with zero attached hydrogens (tertiary/aromatic N) is 2. The van der Waals surface area contributed by atoms with Crippen molar-refractivity contribution >= 4 is 17.6 Å². The van der Waals surface area contributed by atoms with E-state index < -0.39 is 0 Å². The summed E-state index contributed by atoms with van der Waals surface area (Å²) in [5.41, 5.74) is 0.662. The van der Waals surface area contributed by atoms with Crippen molar-refractivity contribution in [3.8, 4) is 5.75 Å². The zero-order valence-corrected chi connectivity index (χ0v) is 14.0. The molecule has 0 aromatic heterocycles. The van der Waals surface area contributed by atoms with Gasteiger partial charge in [-0.25, -0.2) is 4.79 Å². The molecule has 1 N–H and O–H groups in total. The van der Waals surface area contributed by atoms with Gasteiger partial charge in [0.2, 0.25) is 5.91 Å². The Morgan fingerprint density at radius 3 is 2.74 bits per heavy atom. The smallest absolute Gasteiger partial charge is 0.322 e. The first kappa shape index (κ1) is 17.1. The van der Waals surface area contributed by atoms with Gasteiger partial charge in [0.05, 0.1) is 7.11 Å². The highest BCUT2D eigenvalue weighted by atomic mass is 16.5. The molecular weight excluding hydrogens is 294 g/mol. The number of likely N-dealkylation sites (N-methyl/N-ethyl adjacent to an activating group) is 1. The van der Waals surface area contributed by atoms with Crippen molar-refractivity contribution in [2.45, 2.75) is 32.7 Å². The van der Waals surface area contributed by atoms with Crippen LogP contribution in [0, 0.1) is 0 Å². The first-order chi connectivity index (χ1) is 11.1. The highest BCUT2D eigenvalue weighted by molar-refractivity contribution is 5.94. The van der Waals surface area contributed by atoms with Crippen LogP contribution in [0.2, 0.25) is 0 Å². The highest BCUT2D eigenvalue weighted by Crippen LogP contribution is 2.22. The molecule has 1 aliphatic heterocycles. The van der Waals surface area contributed by atoms with Gasteiger partial charge in [-0.05, 0) is 38.8 Å². The second-order valence-corrected chi connectivity index (χ2v) is 5.52. The van der Waals surface area contributed by atoms with Gasteiger partial charge in [0.25, 0.3) is 0 Å². The van der Waals surface area contributed by atoms with Crippen molar-refractivity contribution < 1.29 is 14.3 Å². The van der Waals surface area contributed by atoms with Gasteiger partial charge >= 0.3 is 6.03 Å². The van der Waals surface area contributed by atoms with E-state index in [1.165, 1.54) is 0 Å². The Hall–Kier alpha value is -2.24. The van der Waals surface area contributed by atoms with Gasteiger partial charge in [-0.2, -0.15) is 0 Å². The van der Waals surface area contributed by atoms with Crippen molar-refractivity contribution in [1.82, 2.24) is 9.80 Å². The van der Waals surface area contributed by atoms with Crippen molar-refractivity contribution in [3.63, 3.8) is 0 Å². The zero-order valence-electron chi connectivity index (χ0n) is 14.0. The average molecular weight is 319 g/mol. The van der Waals surface area contributed by atoms with Crippen LogP contribution in [0.3, 0.4) is 0 Å². The number of hydrogen-bond acceptors (Lipinski definition) is 3. The number of ether oxygens (including phenoxy) is 1. The van der Waals surface area contributed by atoms with E-state index in [9.17, 15) is 9.59 Å². The van der Waals surface area contributed by atoms with Gasteiger partial charge in [-0.1, -0.05) is 6.07 Å². The highest BCUT2D eigenvalue weighted by Gasteiger charge is 2.35. The number of carbonyl (C=O) groups excluding carboxylic acids is 2. The monoisotopic (exact) mass is 319 g/mol. The zero-order chi connectivity index (χ0) is 16.8. The minimum Gasteiger partial charge on any atom is -0.497 e. The molecule has 1 aromatic rings. The van der Waals surface area contributed by atoms with Gasteiger partial charge in [-0.3, -0.25) is 4.79 Å². The molecule has 3 amide bonds. The summed E-state index contributed by atoms with van der Waals surface area (Å²) in [5, 5.41) is 2.85. The molecule has 1 saturated heterocycles. The van der Waals surface area contributed by atoms with E-state index in [-0.39, 0.29) is 18.0 Å². The van der Waals surface area contributed by atoms with E-state index in [2.05, 4.69) is 5.32 Å². The average Bonchev–Trinajstić information content (AvgIpc) is 3.05. The Bertz CT molecular complexity index is 558. The fourth-order valence-electron chi connectivity index (χ4n) is 2.91. The third-order valence-corrected chi connectivity index (χ3v) is 4.19. The predicted molar refractivity (Wildman–Crippen MR) is 89.7 cm³/mol. The van der Waals surface area contributed by atoms with Gasteiger partial charge in [0.1, 0.15) is 11.8 Å². The lowest BCUT2D eigenvalue weighted by atomic mass is 10.2. The topological polar surface area (TPSA) is 61.9 Å². The van der Waals surface area contributed by atoms with E-state index in [1.807, 2.05) is 26.0 Å². The van der Waals surface area contributed by atoms with Crippen LogP contribution in [-0.4, -0.2) is 54.5 Å². The molecular formula is C17H25N3O3. The Balaban J connectivity index is 2.06. The predicted octanol–water partition coefficient (Wildman–Crippen LogP) is 2.56. The molecule has 0 radical (unpaired) electrons. The number of nitrogens with one attached hydrogen (secondary N) is 1. The van der Waals surface area contributed by atoms with Crippen LogP contribution in [0.25, 0.3) is 0 Å². The number of amides is 3. The molecule has 0 saturated carbocycles. The molecule has 126 valence electrons. The Morgan fingerprint density at radius 1 is 1.35 bits per heavy atom. The molecule has 23 heavy (non-hydrogen) atoms. The Morgan fingerprint density at radius 2 is 2.09 bits per heavy atom. The molecule has 0 unspecified atom stereocenters. The number of methoxy groups -OCH3 is 1. The molecule has 1 atom stereocenters. The van der Waals surface area contributed by atoms with Crippen molar-refractivity contribution in [2.75, 3.05) is 32.1 Å². The number of benzene rings is 1. The fraction of sp³-hybridized carbons (Fsp3) is 0.529. The summed E-state index contributed by atoms with van der Waals surface area (Å²) >= 11 is 0. The molecule has 0 spiro atoms. The lowest BCUT2D eigenvalue weighted by Gasteiger charge is -2.29. The van der Waals surface area contributed by atoms with Gasteiger partial charge in [0.15, 0.2) is 0 Å². The second kappa shape index (κ2) is 7.85. The minimum atomic E-state index is -0.361. The summed E-state index contributed by atoms with van der Waals surface area (Å²) < 4.78 is 5.16. The first-order valence-electron chi connectivity index (χ1n) is 8.11. The van der Waals surface area contributed by atoms with Gasteiger partial charge in [0, 0.05) is 31.4 Å². The molecule has 6 nitrogen and oxygen atoms in total. The maximum atomic E-state index is 12.6. The van der Waals surface area contributed by atoms with Crippen LogP contribution in [0.5, 0.6) is 5.75 Å². The third-order valence-electron chi connectivity index (χ3n) is 4.19. The van der Waals surface area contributed by atoms with E-state index >= 15 is 0 Å². The fourth-order valence-corrected chi connectivity index (χ4v) is 2.91. The summed E-state index contributed by atoms with van der Waals surface area (Å²) in [6.45, 7) is 5.84. The normalized spacial score (nSPS) is 17.0. The molecule has 0 aliphatic carbocycles. The Labute approximate surface area is 137 Å². The summed E-state index contributed by atoms with van der Waals surface area (Å²) in [4.78, 5) is 28.5. The summed E-state index contributed by atoms with van der Waals surface area (Å²) in [7, 11) is 1.58. The van der Waals surface area contributed by atoms with E-state index in [1.54, 1.807) is 29.0 Å². The third kappa shape index (κ3) is 3.94. The molecule has 1 heterocycles. The maximum Gasteiger partial charge on any atom is 0.322 e. The summed E-state index contributed by atoms with van der Waals surface area (Å²) in [6, 6.07) is 6.60. The van der Waals surface area contributed by atoms with E-state index in [0.717, 1.165) is 12.8 Å². The van der Waals surface area contributed by atoms with E-state index in [0.29, 0.717) is 31.1 Å². The maximum absolute atomic E-state index is 12.6. The van der Waals surface area contributed by atoms with Crippen molar-refractivity contribution in [3.05, 3.63) is 24.3 Å². The quantitative estimate of drug-likeness (QED) is 0.907. The van der Waals surface area contributed by atoms with Crippen LogP contribution >= 0.6 is 0 Å². The second-order valence-electron chi connectivity index (χ2n) is 5.52. The van der Waals surface area contributed by atoms with Crippen LogP contribution in [0.1, 0.15) is 26.7 Å². The molecule has 1 aromatic carbocycles. The molecule has 6 heteroatoms. The Kier molecular flexibility index (Phi) is 5.84. The largest absolute Gasteiger partial charge is 0.497 e. The lowest BCUT2D eigenvalue weighted by molar-refractivity contribution is -0.134. The lowest BCUT2D eigenvalue weighted by Crippen LogP contribution is -2.49. The molecule has 1 fully saturated rings. The summed E-state index contributed by atoms with van der Waals surface area (Å²) in [6.07, 6.45) is 1.57. The number of likely N-dealkylation sites (tertiary alicyclic amines) is 1.